The number of amides is 3. The molecule has 0 aliphatic carbocycles. The van der Waals surface area contributed by atoms with E-state index in [1.807, 2.05) is 19.2 Å². The lowest BCUT2D eigenvalue weighted by Crippen LogP contribution is -2.42. The Morgan fingerprint density at radius 3 is 2.36 bits per heavy atom. The number of hydrogen-bond donors (Lipinski definition) is 2. The summed E-state index contributed by atoms with van der Waals surface area (Å²) in [6, 6.07) is 9.10. The highest BCUT2D eigenvalue weighted by Crippen LogP contribution is 2.29. The van der Waals surface area contributed by atoms with Crippen LogP contribution in [0.5, 0.6) is 0 Å². The molecule has 2 aromatic carbocycles. The maximum atomic E-state index is 13.0. The lowest BCUT2D eigenvalue weighted by atomic mass is 9.98. The summed E-state index contributed by atoms with van der Waals surface area (Å²) in [7, 11) is 0. The van der Waals surface area contributed by atoms with E-state index >= 15 is 0 Å². The Morgan fingerprint density at radius 1 is 1.09 bits per heavy atom. The van der Waals surface area contributed by atoms with Crippen LogP contribution in [0.4, 0.5) is 10.5 Å². The second-order valence-corrected chi connectivity index (χ2v) is 8.09. The van der Waals surface area contributed by atoms with Crippen LogP contribution in [0.1, 0.15) is 40.1 Å². The Kier molecular flexibility index (Phi) is 9.10. The molecule has 0 radical (unpaired) electrons. The third-order valence-corrected chi connectivity index (χ3v) is 5.07. The second kappa shape index (κ2) is 11.8. The van der Waals surface area contributed by atoms with Crippen molar-refractivity contribution in [2.24, 2.45) is 5.92 Å². The first-order chi connectivity index (χ1) is 15.6. The summed E-state index contributed by atoms with van der Waals surface area (Å²) < 4.78 is 4.95. The fourth-order valence-corrected chi connectivity index (χ4v) is 3.25. The van der Waals surface area contributed by atoms with Gasteiger partial charge in [0.1, 0.15) is 0 Å². The van der Waals surface area contributed by atoms with Crippen LogP contribution in [0.3, 0.4) is 0 Å². The van der Waals surface area contributed by atoms with E-state index in [0.717, 1.165) is 6.07 Å². The Morgan fingerprint density at radius 2 is 1.76 bits per heavy atom. The molecular formula is C22H23N3O7S. The molecule has 0 saturated heterocycles. The number of ether oxygens (including phenoxy) is 1. The van der Waals surface area contributed by atoms with E-state index < -0.39 is 35.2 Å². The third-order valence-electron chi connectivity index (χ3n) is 4.29. The minimum atomic E-state index is -0.952. The molecule has 0 fully saturated rings. The molecular weight excluding hydrogens is 450 g/mol. The molecule has 0 spiro atoms. The van der Waals surface area contributed by atoms with Gasteiger partial charge in [0.15, 0.2) is 12.4 Å². The Hall–Kier alpha value is -3.73. The van der Waals surface area contributed by atoms with Crippen molar-refractivity contribution in [1.82, 2.24) is 10.6 Å². The van der Waals surface area contributed by atoms with Gasteiger partial charge in [-0.15, -0.1) is 11.8 Å². The molecule has 0 aromatic heterocycles. The fourth-order valence-electron chi connectivity index (χ4n) is 2.70. The molecule has 11 heteroatoms. The summed E-state index contributed by atoms with van der Waals surface area (Å²) in [5.74, 6) is -2.21. The maximum absolute atomic E-state index is 13.0. The van der Waals surface area contributed by atoms with Gasteiger partial charge in [-0.3, -0.25) is 25.0 Å². The Labute approximate surface area is 194 Å². The van der Waals surface area contributed by atoms with Gasteiger partial charge in [-0.2, -0.15) is 0 Å². The van der Waals surface area contributed by atoms with Gasteiger partial charge >= 0.3 is 12.0 Å². The number of nitrogens with one attached hydrogen (secondary N) is 2. The minimum Gasteiger partial charge on any atom is -0.452 e. The average molecular weight is 474 g/mol. The average Bonchev–Trinajstić information content (AvgIpc) is 2.80. The number of nitro benzene ring substituents is 1. The van der Waals surface area contributed by atoms with E-state index in [0.29, 0.717) is 11.4 Å². The number of thioether (sulfide) groups is 1. The van der Waals surface area contributed by atoms with Gasteiger partial charge in [-0.1, -0.05) is 32.0 Å². The molecule has 33 heavy (non-hydrogen) atoms. The molecule has 0 heterocycles. The lowest BCUT2D eigenvalue weighted by Gasteiger charge is -2.11. The standard InChI is InChI=1S/C22H23N3O7S/c1-13(2)11-23-22(29)24-19(26)12-32-21(28)16-7-5-4-6-15(16)20(27)14-8-9-18(33-3)17(10-14)25(30)31/h4-10,13H,11-12H2,1-3H3,(H2,23,24,26,29). The van der Waals surface area contributed by atoms with E-state index in [-0.39, 0.29) is 28.3 Å². The fraction of sp³-hybridized carbons (Fsp3) is 0.273. The third kappa shape index (κ3) is 7.14. The van der Waals surface area contributed by atoms with Crippen LogP contribution in [-0.4, -0.2) is 48.0 Å². The van der Waals surface area contributed by atoms with Crippen LogP contribution in [0, 0.1) is 16.0 Å². The van der Waals surface area contributed by atoms with Crippen molar-refractivity contribution in [2.45, 2.75) is 18.7 Å². The first-order valence-electron chi connectivity index (χ1n) is 9.85. The topological polar surface area (TPSA) is 145 Å². The summed E-state index contributed by atoms with van der Waals surface area (Å²) in [6.07, 6.45) is 1.68. The molecule has 0 unspecified atom stereocenters. The van der Waals surface area contributed by atoms with Crippen molar-refractivity contribution in [3.63, 3.8) is 0 Å². The quantitative estimate of drug-likeness (QED) is 0.186. The molecule has 0 aliphatic rings. The predicted molar refractivity (Wildman–Crippen MR) is 121 cm³/mol. The van der Waals surface area contributed by atoms with Crippen LogP contribution in [0.15, 0.2) is 47.4 Å². The normalized spacial score (nSPS) is 10.4. The van der Waals surface area contributed by atoms with Crippen LogP contribution < -0.4 is 10.6 Å². The van der Waals surface area contributed by atoms with Gasteiger partial charge in [0.2, 0.25) is 0 Å². The zero-order valence-corrected chi connectivity index (χ0v) is 19.1. The van der Waals surface area contributed by atoms with E-state index in [1.165, 1.54) is 48.2 Å². The van der Waals surface area contributed by atoms with Gasteiger partial charge in [0, 0.05) is 23.7 Å². The van der Waals surface area contributed by atoms with Crippen LogP contribution in [-0.2, 0) is 9.53 Å². The molecule has 174 valence electrons. The van der Waals surface area contributed by atoms with Gasteiger partial charge in [0.05, 0.1) is 15.4 Å². The Bertz CT molecular complexity index is 1090. The maximum Gasteiger partial charge on any atom is 0.339 e. The smallest absolute Gasteiger partial charge is 0.339 e. The number of benzene rings is 2. The van der Waals surface area contributed by atoms with Gasteiger partial charge in [-0.25, -0.2) is 9.59 Å². The molecule has 10 nitrogen and oxygen atoms in total. The summed E-state index contributed by atoms with van der Waals surface area (Å²) in [5.41, 5.74) is -0.347. The van der Waals surface area contributed by atoms with E-state index in [1.54, 1.807) is 6.26 Å². The molecule has 2 aromatic rings. The summed E-state index contributed by atoms with van der Waals surface area (Å²) in [4.78, 5) is 60.1. The van der Waals surface area contributed by atoms with Crippen LogP contribution in [0.2, 0.25) is 0 Å². The highest BCUT2D eigenvalue weighted by molar-refractivity contribution is 7.98. The number of esters is 1. The molecule has 3 amide bonds. The van der Waals surface area contributed by atoms with E-state index in [2.05, 4.69) is 5.32 Å². The van der Waals surface area contributed by atoms with Crippen molar-refractivity contribution in [1.29, 1.82) is 0 Å². The largest absolute Gasteiger partial charge is 0.452 e. The van der Waals surface area contributed by atoms with E-state index in [9.17, 15) is 29.3 Å². The number of ketones is 1. The SMILES string of the molecule is CSc1ccc(C(=O)c2ccccc2C(=O)OCC(=O)NC(=O)NCC(C)C)cc1[N+](=O)[O-]. The van der Waals surface area contributed by atoms with Gasteiger partial charge in [0.25, 0.3) is 11.6 Å². The van der Waals surface area contributed by atoms with E-state index in [4.69, 9.17) is 4.74 Å². The Balaban J connectivity index is 2.13. The summed E-state index contributed by atoms with van der Waals surface area (Å²) in [5, 5.41) is 15.8. The monoisotopic (exact) mass is 473 g/mol. The lowest BCUT2D eigenvalue weighted by molar-refractivity contribution is -0.387. The van der Waals surface area contributed by atoms with Crippen molar-refractivity contribution < 1.29 is 28.8 Å². The van der Waals surface area contributed by atoms with Gasteiger partial charge < -0.3 is 10.1 Å². The van der Waals surface area contributed by atoms with Crippen LogP contribution in [0.25, 0.3) is 0 Å². The molecule has 0 saturated carbocycles. The highest BCUT2D eigenvalue weighted by Gasteiger charge is 2.23. The molecule has 0 aliphatic heterocycles. The molecule has 0 atom stereocenters. The summed E-state index contributed by atoms with van der Waals surface area (Å²) in [6.45, 7) is 3.41. The number of rotatable bonds is 9. The van der Waals surface area contributed by atoms with Crippen molar-refractivity contribution >= 4 is 41.1 Å². The number of urea groups is 1. The zero-order chi connectivity index (χ0) is 24.5. The highest BCUT2D eigenvalue weighted by atomic mass is 32.2. The number of hydrogen-bond acceptors (Lipinski definition) is 8. The van der Waals surface area contributed by atoms with Crippen LogP contribution >= 0.6 is 11.8 Å². The second-order valence-electron chi connectivity index (χ2n) is 7.25. The number of nitrogens with zero attached hydrogens (tertiary/aromatic N) is 1. The first kappa shape index (κ1) is 25.5. The number of carbonyl (C=O) groups is 4. The number of imide groups is 1. The zero-order valence-electron chi connectivity index (χ0n) is 18.2. The molecule has 2 rings (SSSR count). The first-order valence-corrected chi connectivity index (χ1v) is 11.1. The number of carbonyl (C=O) groups excluding carboxylic acids is 4. The van der Waals surface area contributed by atoms with Crippen molar-refractivity contribution in [3.05, 3.63) is 69.3 Å². The number of nitro groups is 1. The van der Waals surface area contributed by atoms with Gasteiger partial charge in [-0.05, 0) is 30.4 Å². The minimum absolute atomic E-state index is 0.0271. The van der Waals surface area contributed by atoms with Crippen molar-refractivity contribution in [2.75, 3.05) is 19.4 Å². The van der Waals surface area contributed by atoms with Crippen molar-refractivity contribution in [3.8, 4) is 0 Å². The summed E-state index contributed by atoms with van der Waals surface area (Å²) >= 11 is 1.17. The molecule has 0 bridgehead atoms. The predicted octanol–water partition coefficient (Wildman–Crippen LogP) is 3.19. The molecule has 2 N–H and O–H groups in total.